The molecule has 0 bridgehead atoms. The summed E-state index contributed by atoms with van der Waals surface area (Å²) in [5.74, 6) is 5.31. The third-order valence-electron chi connectivity index (χ3n) is 6.09. The van der Waals surface area contributed by atoms with Crippen LogP contribution in [-0.4, -0.2) is 20.7 Å². The molecule has 4 rings (SSSR count). The highest BCUT2D eigenvalue weighted by Crippen LogP contribution is 2.44. The smallest absolute Gasteiger partial charge is 0.397 e. The molecule has 2 unspecified atom stereocenters. The minimum absolute atomic E-state index is 0.116. The van der Waals surface area contributed by atoms with Crippen molar-refractivity contribution in [2.24, 2.45) is 11.6 Å². The Hall–Kier alpha value is -3.40. The topological polar surface area (TPSA) is 94.8 Å². The predicted octanol–water partition coefficient (Wildman–Crippen LogP) is 4.42. The number of benzene rings is 1. The molecule has 2 aromatic heterocycles. The molecule has 0 aliphatic heterocycles. The Labute approximate surface area is 188 Å². The highest BCUT2D eigenvalue weighted by molar-refractivity contribution is 5.69. The van der Waals surface area contributed by atoms with Gasteiger partial charge in [0.2, 0.25) is 0 Å². The van der Waals surface area contributed by atoms with E-state index >= 15 is 0 Å². The number of hydrogen-bond donors (Lipinski definition) is 3. The van der Waals surface area contributed by atoms with E-state index in [1.165, 1.54) is 30.0 Å². The molecule has 0 saturated carbocycles. The van der Waals surface area contributed by atoms with Gasteiger partial charge in [0.05, 0.1) is 17.7 Å². The van der Waals surface area contributed by atoms with Gasteiger partial charge in [-0.2, -0.15) is 13.2 Å². The first-order valence-electron chi connectivity index (χ1n) is 10.5. The summed E-state index contributed by atoms with van der Waals surface area (Å²) in [7, 11) is 0. The number of nitrogens with one attached hydrogen (secondary N) is 1. The summed E-state index contributed by atoms with van der Waals surface area (Å²) in [4.78, 5) is 8.58. The molecule has 0 radical (unpaired) electrons. The lowest BCUT2D eigenvalue weighted by Gasteiger charge is -2.14. The summed E-state index contributed by atoms with van der Waals surface area (Å²) < 4.78 is 55.1. The van der Waals surface area contributed by atoms with Gasteiger partial charge in [-0.05, 0) is 54.2 Å². The number of fused-ring (bicyclic) bond motifs is 1. The van der Waals surface area contributed by atoms with Gasteiger partial charge in [0.25, 0.3) is 0 Å². The molecule has 10 heteroatoms. The fourth-order valence-corrected chi connectivity index (χ4v) is 4.47. The van der Waals surface area contributed by atoms with Crippen molar-refractivity contribution < 1.29 is 17.6 Å². The van der Waals surface area contributed by atoms with Crippen LogP contribution in [0, 0.1) is 5.82 Å². The number of aromatic nitrogens is 3. The molecule has 5 N–H and O–H groups in total. The van der Waals surface area contributed by atoms with Crippen molar-refractivity contribution in [3.63, 3.8) is 0 Å². The zero-order chi connectivity index (χ0) is 23.8. The molecular formula is C23H24F4N6. The number of nitrogens with zero attached hydrogens (tertiary/aromatic N) is 3. The van der Waals surface area contributed by atoms with Gasteiger partial charge >= 0.3 is 6.18 Å². The Morgan fingerprint density at radius 1 is 1.12 bits per heavy atom. The van der Waals surface area contributed by atoms with Gasteiger partial charge in [-0.25, -0.2) is 9.37 Å². The summed E-state index contributed by atoms with van der Waals surface area (Å²) in [6.45, 7) is 2.73. The van der Waals surface area contributed by atoms with Crippen molar-refractivity contribution >= 4 is 5.70 Å². The van der Waals surface area contributed by atoms with Gasteiger partial charge in [0.1, 0.15) is 11.5 Å². The zero-order valence-electron chi connectivity index (χ0n) is 17.9. The summed E-state index contributed by atoms with van der Waals surface area (Å²) in [6, 6.07) is 7.78. The quantitative estimate of drug-likeness (QED) is 0.288. The van der Waals surface area contributed by atoms with Crippen LogP contribution in [0.2, 0.25) is 0 Å². The van der Waals surface area contributed by atoms with Crippen LogP contribution in [0.4, 0.5) is 17.6 Å². The largest absolute Gasteiger partial charge is 0.434 e. The van der Waals surface area contributed by atoms with E-state index in [0.717, 1.165) is 18.4 Å². The monoisotopic (exact) mass is 460 g/mol. The van der Waals surface area contributed by atoms with Crippen molar-refractivity contribution in [2.75, 3.05) is 0 Å². The van der Waals surface area contributed by atoms with E-state index < -0.39 is 17.6 Å². The maximum Gasteiger partial charge on any atom is 0.434 e. The number of pyridine rings is 1. The molecule has 1 aromatic carbocycles. The predicted molar refractivity (Wildman–Crippen MR) is 117 cm³/mol. The SMILES string of the molecule is CCC1CC(Cn2cnc(-c3cc(/C(N)=C(/NN)C(F)(F)F)ccn3)c2)c2cc(F)ccc21. The van der Waals surface area contributed by atoms with E-state index in [0.29, 0.717) is 23.9 Å². The normalized spacial score (nSPS) is 18.7. The second kappa shape index (κ2) is 8.86. The van der Waals surface area contributed by atoms with E-state index in [4.69, 9.17) is 11.6 Å². The maximum absolute atomic E-state index is 13.9. The van der Waals surface area contributed by atoms with Crippen molar-refractivity contribution in [3.05, 3.63) is 77.3 Å². The van der Waals surface area contributed by atoms with Gasteiger partial charge in [-0.1, -0.05) is 13.0 Å². The number of halogens is 4. The number of hydrazine groups is 1. The molecule has 0 amide bonds. The van der Waals surface area contributed by atoms with Gasteiger partial charge in [-0.15, -0.1) is 0 Å². The van der Waals surface area contributed by atoms with Crippen LogP contribution < -0.4 is 17.0 Å². The zero-order valence-corrected chi connectivity index (χ0v) is 17.9. The second-order valence-electron chi connectivity index (χ2n) is 8.13. The van der Waals surface area contributed by atoms with Gasteiger partial charge < -0.3 is 15.7 Å². The summed E-state index contributed by atoms with van der Waals surface area (Å²) in [5.41, 5.74) is 8.75. The molecule has 174 valence electrons. The Kier molecular flexibility index (Phi) is 6.11. The van der Waals surface area contributed by atoms with E-state index in [1.54, 1.807) is 24.0 Å². The number of alkyl halides is 3. The number of allylic oxidation sites excluding steroid dienone is 1. The molecule has 1 aliphatic carbocycles. The minimum Gasteiger partial charge on any atom is -0.397 e. The Morgan fingerprint density at radius 2 is 1.91 bits per heavy atom. The number of imidazole rings is 1. The first-order chi connectivity index (χ1) is 15.7. The van der Waals surface area contributed by atoms with Crippen molar-refractivity contribution in [2.45, 2.75) is 44.3 Å². The van der Waals surface area contributed by atoms with E-state index in [2.05, 4.69) is 16.9 Å². The first-order valence-corrected chi connectivity index (χ1v) is 10.5. The molecule has 3 aromatic rings. The molecule has 6 nitrogen and oxygen atoms in total. The lowest BCUT2D eigenvalue weighted by Crippen LogP contribution is -2.34. The number of rotatable bonds is 6. The van der Waals surface area contributed by atoms with Gasteiger partial charge in [0, 0.05) is 30.4 Å². The highest BCUT2D eigenvalue weighted by Gasteiger charge is 2.36. The van der Waals surface area contributed by atoms with E-state index in [-0.39, 0.29) is 17.3 Å². The van der Waals surface area contributed by atoms with Crippen LogP contribution in [0.15, 0.2) is 54.7 Å². The van der Waals surface area contributed by atoms with E-state index in [9.17, 15) is 17.6 Å². The van der Waals surface area contributed by atoms with Gasteiger partial charge in [0.15, 0.2) is 5.70 Å². The average molecular weight is 460 g/mol. The first kappa shape index (κ1) is 22.8. The van der Waals surface area contributed by atoms with E-state index in [1.807, 2.05) is 10.6 Å². The number of nitrogens with two attached hydrogens (primary N) is 2. The molecule has 0 fully saturated rings. The highest BCUT2D eigenvalue weighted by atomic mass is 19.4. The van der Waals surface area contributed by atoms with Crippen LogP contribution >= 0.6 is 0 Å². The lowest BCUT2D eigenvalue weighted by molar-refractivity contribution is -0.0961. The Balaban J connectivity index is 1.59. The van der Waals surface area contributed by atoms with Crippen LogP contribution in [0.3, 0.4) is 0 Å². The van der Waals surface area contributed by atoms with Crippen LogP contribution in [0.1, 0.15) is 48.3 Å². The maximum atomic E-state index is 13.9. The molecule has 33 heavy (non-hydrogen) atoms. The molecule has 2 atom stereocenters. The molecule has 2 heterocycles. The van der Waals surface area contributed by atoms with Crippen LogP contribution in [-0.2, 0) is 6.54 Å². The lowest BCUT2D eigenvalue weighted by atomic mass is 9.99. The van der Waals surface area contributed by atoms with Gasteiger partial charge in [-0.3, -0.25) is 10.8 Å². The third kappa shape index (κ3) is 4.56. The molecule has 0 saturated heterocycles. The molecular weight excluding hydrogens is 436 g/mol. The summed E-state index contributed by atoms with van der Waals surface area (Å²) >= 11 is 0. The summed E-state index contributed by atoms with van der Waals surface area (Å²) in [6.07, 6.45) is 1.96. The second-order valence-corrected chi connectivity index (χ2v) is 8.13. The van der Waals surface area contributed by atoms with Crippen molar-refractivity contribution in [1.82, 2.24) is 20.0 Å². The van der Waals surface area contributed by atoms with Crippen LogP contribution in [0.5, 0.6) is 0 Å². The van der Waals surface area contributed by atoms with Crippen molar-refractivity contribution in [1.29, 1.82) is 0 Å². The number of hydrogen-bond acceptors (Lipinski definition) is 5. The van der Waals surface area contributed by atoms with Crippen molar-refractivity contribution in [3.8, 4) is 11.4 Å². The molecule has 0 spiro atoms. The third-order valence-corrected chi connectivity index (χ3v) is 6.09. The average Bonchev–Trinajstić information content (AvgIpc) is 3.38. The fraction of sp³-hybridized carbons (Fsp3) is 0.304. The molecule has 1 aliphatic rings. The fourth-order valence-electron chi connectivity index (χ4n) is 4.47. The standard InChI is InChI=1S/C23H24F4N6/c1-2-13-7-15(18-9-16(24)3-4-17(13)18)10-33-11-20(31-12-33)19-8-14(5-6-30-19)21(28)22(32-29)23(25,26)27/h3-6,8-9,11-13,15,32H,2,7,10,28-29H2,1H3/b22-21-. The Morgan fingerprint density at radius 3 is 2.61 bits per heavy atom. The Bertz CT molecular complexity index is 1180. The minimum atomic E-state index is -4.72. The van der Waals surface area contributed by atoms with Crippen LogP contribution in [0.25, 0.3) is 17.1 Å². The summed E-state index contributed by atoms with van der Waals surface area (Å²) in [5, 5.41) is 0.